The number of anilines is 2. The monoisotopic (exact) mass is 276 g/mol. The van der Waals surface area contributed by atoms with Crippen LogP contribution in [0.1, 0.15) is 24.6 Å². The number of nitrogen functional groups attached to an aromatic ring is 1. The Hall–Kier alpha value is -2.04. The Balaban J connectivity index is 1.97. The highest BCUT2D eigenvalue weighted by atomic mass is 19.1. The van der Waals surface area contributed by atoms with Crippen molar-refractivity contribution in [2.75, 3.05) is 17.6 Å². The van der Waals surface area contributed by atoms with Crippen molar-refractivity contribution in [3.63, 3.8) is 0 Å². The molecule has 3 N–H and O–H groups in total. The van der Waals surface area contributed by atoms with Crippen LogP contribution in [0.25, 0.3) is 0 Å². The highest BCUT2D eigenvalue weighted by Gasteiger charge is 2.11. The van der Waals surface area contributed by atoms with Gasteiger partial charge in [0.15, 0.2) is 0 Å². The molecule has 1 aromatic carbocycles. The molecule has 0 unspecified atom stereocenters. The molecular weight excluding hydrogens is 255 g/mol. The zero-order valence-corrected chi connectivity index (χ0v) is 12.0. The van der Waals surface area contributed by atoms with Gasteiger partial charge < -0.3 is 11.1 Å². The molecule has 0 saturated heterocycles. The van der Waals surface area contributed by atoms with E-state index in [1.165, 1.54) is 6.07 Å². The first kappa shape index (κ1) is 14.4. The highest BCUT2D eigenvalue weighted by molar-refractivity contribution is 5.65. The molecule has 108 valence electrons. The van der Waals surface area contributed by atoms with Crippen LogP contribution in [0.4, 0.5) is 15.9 Å². The zero-order valence-electron chi connectivity index (χ0n) is 12.0. The van der Waals surface area contributed by atoms with Gasteiger partial charge in [0.2, 0.25) is 0 Å². The SMILES string of the molecule is CCCc1nn(C)c(NCCc2cccc(F)c2)c1N. The molecule has 0 atom stereocenters. The second-order valence-electron chi connectivity index (χ2n) is 4.89. The standard InChI is InChI=1S/C15H21FN4/c1-3-5-13-14(17)15(20(2)19-13)18-9-8-11-6-4-7-12(16)10-11/h4,6-7,10,18H,3,5,8-9,17H2,1-2H3. The molecule has 2 rings (SSSR count). The molecule has 4 nitrogen and oxygen atoms in total. The minimum absolute atomic E-state index is 0.201. The summed E-state index contributed by atoms with van der Waals surface area (Å²) in [6.07, 6.45) is 2.64. The van der Waals surface area contributed by atoms with E-state index in [1.54, 1.807) is 16.8 Å². The molecule has 1 heterocycles. The highest BCUT2D eigenvalue weighted by Crippen LogP contribution is 2.22. The lowest BCUT2D eigenvalue weighted by molar-refractivity contribution is 0.625. The van der Waals surface area contributed by atoms with Crippen LogP contribution in [0.5, 0.6) is 0 Å². The lowest BCUT2D eigenvalue weighted by atomic mass is 10.1. The summed E-state index contributed by atoms with van der Waals surface area (Å²) in [6.45, 7) is 2.80. The van der Waals surface area contributed by atoms with E-state index in [4.69, 9.17) is 5.73 Å². The van der Waals surface area contributed by atoms with Crippen LogP contribution >= 0.6 is 0 Å². The Labute approximate surface area is 118 Å². The fourth-order valence-electron chi connectivity index (χ4n) is 2.24. The molecule has 2 aromatic rings. The number of benzene rings is 1. The first-order valence-corrected chi connectivity index (χ1v) is 6.91. The van der Waals surface area contributed by atoms with Gasteiger partial charge in [0, 0.05) is 13.6 Å². The number of rotatable bonds is 6. The van der Waals surface area contributed by atoms with Crippen molar-refractivity contribution in [1.82, 2.24) is 9.78 Å². The predicted molar refractivity (Wildman–Crippen MR) is 80.2 cm³/mol. The number of hydrogen-bond acceptors (Lipinski definition) is 3. The maximum absolute atomic E-state index is 13.1. The first-order chi connectivity index (χ1) is 9.61. The number of aromatic nitrogens is 2. The topological polar surface area (TPSA) is 55.9 Å². The van der Waals surface area contributed by atoms with Gasteiger partial charge >= 0.3 is 0 Å². The summed E-state index contributed by atoms with van der Waals surface area (Å²) in [5, 5.41) is 7.69. The van der Waals surface area contributed by atoms with E-state index in [9.17, 15) is 4.39 Å². The molecule has 0 fully saturated rings. The van der Waals surface area contributed by atoms with Crippen LogP contribution in [-0.4, -0.2) is 16.3 Å². The van der Waals surface area contributed by atoms with Crippen molar-refractivity contribution in [1.29, 1.82) is 0 Å². The van der Waals surface area contributed by atoms with Crippen LogP contribution in [0.15, 0.2) is 24.3 Å². The normalized spacial score (nSPS) is 10.8. The van der Waals surface area contributed by atoms with Crippen molar-refractivity contribution in [3.05, 3.63) is 41.3 Å². The molecule has 0 aliphatic rings. The van der Waals surface area contributed by atoms with Gasteiger partial charge in [-0.05, 0) is 30.5 Å². The average Bonchev–Trinajstić information content (AvgIpc) is 2.67. The van der Waals surface area contributed by atoms with Gasteiger partial charge in [-0.15, -0.1) is 0 Å². The van der Waals surface area contributed by atoms with E-state index in [2.05, 4.69) is 17.3 Å². The summed E-state index contributed by atoms with van der Waals surface area (Å²) in [5.41, 5.74) is 8.70. The fraction of sp³-hybridized carbons (Fsp3) is 0.400. The lowest BCUT2D eigenvalue weighted by Gasteiger charge is -2.08. The van der Waals surface area contributed by atoms with Gasteiger partial charge in [0.05, 0.1) is 11.4 Å². The molecular formula is C15H21FN4. The van der Waals surface area contributed by atoms with E-state index in [0.717, 1.165) is 36.3 Å². The number of nitrogens with one attached hydrogen (secondary N) is 1. The largest absolute Gasteiger partial charge is 0.394 e. The fourth-order valence-corrected chi connectivity index (χ4v) is 2.24. The van der Waals surface area contributed by atoms with Gasteiger partial charge in [-0.25, -0.2) is 4.39 Å². The number of hydrogen-bond donors (Lipinski definition) is 2. The van der Waals surface area contributed by atoms with Crippen molar-refractivity contribution in [2.45, 2.75) is 26.2 Å². The quantitative estimate of drug-likeness (QED) is 0.853. The summed E-state index contributed by atoms with van der Waals surface area (Å²) >= 11 is 0. The predicted octanol–water partition coefficient (Wildman–Crippen LogP) is 2.75. The molecule has 0 aliphatic carbocycles. The summed E-state index contributed by atoms with van der Waals surface area (Å²) in [7, 11) is 1.88. The lowest BCUT2D eigenvalue weighted by Crippen LogP contribution is -2.10. The Morgan fingerprint density at radius 2 is 2.15 bits per heavy atom. The number of aryl methyl sites for hydroxylation is 2. The maximum atomic E-state index is 13.1. The minimum Gasteiger partial charge on any atom is -0.394 e. The Morgan fingerprint density at radius 1 is 1.35 bits per heavy atom. The second-order valence-corrected chi connectivity index (χ2v) is 4.89. The van der Waals surface area contributed by atoms with Gasteiger partial charge in [-0.1, -0.05) is 25.5 Å². The van der Waals surface area contributed by atoms with Crippen LogP contribution < -0.4 is 11.1 Å². The van der Waals surface area contributed by atoms with E-state index in [1.807, 2.05) is 13.1 Å². The van der Waals surface area contributed by atoms with E-state index in [-0.39, 0.29) is 5.82 Å². The number of nitrogens with two attached hydrogens (primary N) is 1. The third kappa shape index (κ3) is 3.29. The molecule has 0 amide bonds. The zero-order chi connectivity index (χ0) is 14.5. The van der Waals surface area contributed by atoms with Crippen LogP contribution in [-0.2, 0) is 19.9 Å². The van der Waals surface area contributed by atoms with Crippen molar-refractivity contribution in [3.8, 4) is 0 Å². The molecule has 0 radical (unpaired) electrons. The van der Waals surface area contributed by atoms with Gasteiger partial charge in [0.25, 0.3) is 0 Å². The van der Waals surface area contributed by atoms with Gasteiger partial charge in [0.1, 0.15) is 11.6 Å². The molecule has 5 heteroatoms. The molecule has 1 aromatic heterocycles. The summed E-state index contributed by atoms with van der Waals surface area (Å²) < 4.78 is 14.8. The minimum atomic E-state index is -0.201. The Kier molecular flexibility index (Phi) is 4.61. The van der Waals surface area contributed by atoms with Gasteiger partial charge in [-0.3, -0.25) is 4.68 Å². The van der Waals surface area contributed by atoms with Crippen LogP contribution in [0.3, 0.4) is 0 Å². The van der Waals surface area contributed by atoms with E-state index >= 15 is 0 Å². The summed E-state index contributed by atoms with van der Waals surface area (Å²) in [5.74, 6) is 0.637. The molecule has 0 aliphatic heterocycles. The smallest absolute Gasteiger partial charge is 0.147 e. The van der Waals surface area contributed by atoms with E-state index < -0.39 is 0 Å². The third-order valence-electron chi connectivity index (χ3n) is 3.24. The van der Waals surface area contributed by atoms with E-state index in [0.29, 0.717) is 12.2 Å². The summed E-state index contributed by atoms with van der Waals surface area (Å²) in [6, 6.07) is 6.65. The molecule has 0 spiro atoms. The first-order valence-electron chi connectivity index (χ1n) is 6.91. The second kappa shape index (κ2) is 6.41. The van der Waals surface area contributed by atoms with Crippen LogP contribution in [0.2, 0.25) is 0 Å². The molecule has 0 bridgehead atoms. The number of nitrogens with zero attached hydrogens (tertiary/aromatic N) is 2. The van der Waals surface area contributed by atoms with Crippen molar-refractivity contribution >= 4 is 11.5 Å². The summed E-state index contributed by atoms with van der Waals surface area (Å²) in [4.78, 5) is 0. The third-order valence-corrected chi connectivity index (χ3v) is 3.24. The van der Waals surface area contributed by atoms with Crippen molar-refractivity contribution < 1.29 is 4.39 Å². The Morgan fingerprint density at radius 3 is 2.85 bits per heavy atom. The van der Waals surface area contributed by atoms with Crippen LogP contribution in [0, 0.1) is 5.82 Å². The van der Waals surface area contributed by atoms with Gasteiger partial charge in [-0.2, -0.15) is 5.10 Å². The Bertz CT molecular complexity index is 577. The van der Waals surface area contributed by atoms with Crippen molar-refractivity contribution in [2.24, 2.45) is 7.05 Å². The maximum Gasteiger partial charge on any atom is 0.147 e. The average molecular weight is 276 g/mol. The molecule has 0 saturated carbocycles. The number of halogens is 1. The molecule has 20 heavy (non-hydrogen) atoms.